The zero-order valence-electron chi connectivity index (χ0n) is 23.6. The number of nitrogens with zero attached hydrogens (tertiary/aromatic N) is 2. The average Bonchev–Trinajstić information content (AvgIpc) is 3.53. The van der Waals surface area contributed by atoms with Crippen molar-refractivity contribution >= 4 is 23.5 Å². The van der Waals surface area contributed by atoms with Crippen LogP contribution in [-0.2, 0) is 35.4 Å². The van der Waals surface area contributed by atoms with E-state index in [9.17, 15) is 19.8 Å². The molecule has 0 radical (unpaired) electrons. The van der Waals surface area contributed by atoms with Crippen LogP contribution < -0.4 is 11.1 Å². The predicted molar refractivity (Wildman–Crippen MR) is 157 cm³/mol. The van der Waals surface area contributed by atoms with Crippen LogP contribution in [-0.4, -0.2) is 57.3 Å². The Morgan fingerprint density at radius 2 is 1.15 bits per heavy atom. The minimum Gasteiger partial charge on any atom is -0.494 e. The van der Waals surface area contributed by atoms with E-state index in [4.69, 9.17) is 9.47 Å². The first-order chi connectivity index (χ1) is 18.5. The molecule has 0 fully saturated rings. The number of thioether (sulfide) groups is 2. The molecule has 8 nitrogen and oxygen atoms in total. The van der Waals surface area contributed by atoms with Gasteiger partial charge in [0.15, 0.2) is 11.8 Å². The molecule has 2 aromatic rings. The number of rotatable bonds is 14. The highest BCUT2D eigenvalue weighted by atomic mass is 32.2. The number of fused-ring (bicyclic) bond motifs is 2. The molecule has 0 amide bonds. The molecule has 216 valence electrons. The van der Waals surface area contributed by atoms with Gasteiger partial charge in [0, 0.05) is 84.1 Å². The lowest BCUT2D eigenvalue weighted by molar-refractivity contribution is 0.0566. The molecule has 4 heterocycles. The molecule has 2 aromatic heterocycles. The predicted octanol–water partition coefficient (Wildman–Crippen LogP) is 4.67. The van der Waals surface area contributed by atoms with Crippen molar-refractivity contribution in [2.45, 2.75) is 82.7 Å². The van der Waals surface area contributed by atoms with Gasteiger partial charge in [0.25, 0.3) is 11.1 Å². The molecule has 2 aliphatic heterocycles. The maximum atomic E-state index is 12.5. The van der Waals surface area contributed by atoms with Crippen molar-refractivity contribution in [2.24, 2.45) is 10.8 Å². The summed E-state index contributed by atoms with van der Waals surface area (Å²) in [6.07, 6.45) is 3.92. The van der Waals surface area contributed by atoms with E-state index in [-0.39, 0.29) is 33.7 Å². The van der Waals surface area contributed by atoms with Gasteiger partial charge in [-0.05, 0) is 42.9 Å². The monoisotopic (exact) mass is 578 g/mol. The fraction of sp³-hybridized carbons (Fsp3) is 0.655. The first kappa shape index (κ1) is 30.1. The molecule has 0 unspecified atom stereocenters. The van der Waals surface area contributed by atoms with Crippen LogP contribution in [0.15, 0.2) is 31.5 Å². The maximum absolute atomic E-state index is 12.5. The molecule has 0 saturated carbocycles. The molecular weight excluding hydrogens is 536 g/mol. The summed E-state index contributed by atoms with van der Waals surface area (Å²) in [5.74, 6) is 2.05. The number of hydrogen-bond acceptors (Lipinski definition) is 8. The molecule has 2 aliphatic rings. The molecule has 0 spiro atoms. The van der Waals surface area contributed by atoms with Crippen molar-refractivity contribution in [3.05, 3.63) is 44.0 Å². The van der Waals surface area contributed by atoms with Gasteiger partial charge in [-0.25, -0.2) is 0 Å². The van der Waals surface area contributed by atoms with E-state index in [2.05, 4.69) is 27.7 Å². The van der Waals surface area contributed by atoms with Crippen LogP contribution >= 0.6 is 23.5 Å². The van der Waals surface area contributed by atoms with Gasteiger partial charge in [0.1, 0.15) is 0 Å². The van der Waals surface area contributed by atoms with Gasteiger partial charge in [-0.2, -0.15) is 0 Å². The molecule has 39 heavy (non-hydrogen) atoms. The highest BCUT2D eigenvalue weighted by molar-refractivity contribution is 7.99. The summed E-state index contributed by atoms with van der Waals surface area (Å²) in [5.41, 5.74) is 1.10. The molecule has 0 atom stereocenters. The smallest absolute Gasteiger partial charge is 0.254 e. The lowest BCUT2D eigenvalue weighted by atomic mass is 9.89. The summed E-state index contributed by atoms with van der Waals surface area (Å²) in [6, 6.07) is 3.30. The second-order valence-electron chi connectivity index (χ2n) is 12.1. The Bertz CT molecular complexity index is 1190. The Hall–Kier alpha value is -1.88. The van der Waals surface area contributed by atoms with Gasteiger partial charge in [-0.3, -0.25) is 18.7 Å². The SMILES string of the molecule is CC(C)(CCOCCCOCCC(C)(C)Cn1c(O)c2c(cc1=O)SCC2)Cn1c(O)c2c(cc1=O)SCC2. The number of pyridine rings is 2. The van der Waals surface area contributed by atoms with Crippen LogP contribution in [0.25, 0.3) is 0 Å². The molecule has 2 N–H and O–H groups in total. The van der Waals surface area contributed by atoms with Crippen molar-refractivity contribution in [2.75, 3.05) is 37.9 Å². The highest BCUT2D eigenvalue weighted by Gasteiger charge is 2.26. The van der Waals surface area contributed by atoms with E-state index in [0.29, 0.717) is 39.5 Å². The van der Waals surface area contributed by atoms with Gasteiger partial charge in [0.05, 0.1) is 0 Å². The molecule has 0 aromatic carbocycles. The Kier molecular flexibility index (Phi) is 9.83. The van der Waals surface area contributed by atoms with Crippen LogP contribution in [0.5, 0.6) is 11.8 Å². The minimum absolute atomic E-state index is 0.118. The van der Waals surface area contributed by atoms with Crippen LogP contribution in [0.1, 0.15) is 58.1 Å². The maximum Gasteiger partial charge on any atom is 0.254 e. The van der Waals surface area contributed by atoms with E-state index in [1.54, 1.807) is 35.7 Å². The number of aromatic nitrogens is 2. The van der Waals surface area contributed by atoms with Gasteiger partial charge in [-0.1, -0.05) is 27.7 Å². The lowest BCUT2D eigenvalue weighted by Gasteiger charge is -2.27. The summed E-state index contributed by atoms with van der Waals surface area (Å²) >= 11 is 3.26. The summed E-state index contributed by atoms with van der Waals surface area (Å²) < 4.78 is 14.7. The zero-order chi connectivity index (χ0) is 28.2. The van der Waals surface area contributed by atoms with E-state index >= 15 is 0 Å². The van der Waals surface area contributed by atoms with E-state index in [0.717, 1.165) is 64.5 Å². The van der Waals surface area contributed by atoms with Crippen molar-refractivity contribution in [3.8, 4) is 11.8 Å². The first-order valence-corrected chi connectivity index (χ1v) is 15.8. The molecule has 4 rings (SSSR count). The number of ether oxygens (including phenoxy) is 2. The normalized spacial score (nSPS) is 15.1. The summed E-state index contributed by atoms with van der Waals surface area (Å²) in [7, 11) is 0. The fourth-order valence-electron chi connectivity index (χ4n) is 5.05. The number of aromatic hydroxyl groups is 2. The minimum atomic E-state index is -0.197. The molecule has 10 heteroatoms. The highest BCUT2D eigenvalue weighted by Crippen LogP contribution is 2.37. The van der Waals surface area contributed by atoms with Crippen molar-refractivity contribution in [3.63, 3.8) is 0 Å². The van der Waals surface area contributed by atoms with Crippen LogP contribution in [0.4, 0.5) is 0 Å². The Morgan fingerprint density at radius 3 is 1.56 bits per heavy atom. The quantitative estimate of drug-likeness (QED) is 0.312. The van der Waals surface area contributed by atoms with E-state index in [1.165, 1.54) is 9.13 Å². The third-order valence-corrected chi connectivity index (χ3v) is 9.67. The summed E-state index contributed by atoms with van der Waals surface area (Å²) in [4.78, 5) is 26.9. The van der Waals surface area contributed by atoms with E-state index < -0.39 is 0 Å². The molecule has 0 aliphatic carbocycles. The van der Waals surface area contributed by atoms with Crippen LogP contribution in [0, 0.1) is 10.8 Å². The fourth-order valence-corrected chi connectivity index (χ4v) is 7.20. The summed E-state index contributed by atoms with van der Waals surface area (Å²) in [6.45, 7) is 11.6. The van der Waals surface area contributed by atoms with E-state index in [1.807, 2.05) is 0 Å². The second-order valence-corrected chi connectivity index (χ2v) is 14.3. The molecule has 0 bridgehead atoms. The molecule has 0 saturated heterocycles. The van der Waals surface area contributed by atoms with Crippen molar-refractivity contribution < 1.29 is 19.7 Å². The Balaban J connectivity index is 1.12. The lowest BCUT2D eigenvalue weighted by Crippen LogP contribution is -2.30. The summed E-state index contributed by atoms with van der Waals surface area (Å²) in [5, 5.41) is 21.3. The standard InChI is InChI=1S/C29H42N2O6S2/c1-28(2,18-30-24(32)16-22-20(26(30)34)6-14-38-22)8-12-36-10-5-11-37-13-9-29(3,4)19-31-25(33)17-23-21(27(31)35)7-15-39-23/h16-17,34-35H,5-15,18-19H2,1-4H3. The van der Waals surface area contributed by atoms with Crippen LogP contribution in [0.3, 0.4) is 0 Å². The average molecular weight is 579 g/mol. The third-order valence-electron chi connectivity index (χ3n) is 7.50. The van der Waals surface area contributed by atoms with Gasteiger partial charge in [0.2, 0.25) is 0 Å². The topological polar surface area (TPSA) is 103 Å². The Labute approximate surface area is 239 Å². The van der Waals surface area contributed by atoms with Gasteiger partial charge >= 0.3 is 0 Å². The van der Waals surface area contributed by atoms with Crippen molar-refractivity contribution in [1.29, 1.82) is 0 Å². The first-order valence-electron chi connectivity index (χ1n) is 13.8. The third kappa shape index (κ3) is 7.65. The van der Waals surface area contributed by atoms with Gasteiger partial charge < -0.3 is 19.7 Å². The number of hydrogen-bond donors (Lipinski definition) is 2. The Morgan fingerprint density at radius 1 is 0.744 bits per heavy atom. The van der Waals surface area contributed by atoms with Crippen LogP contribution in [0.2, 0.25) is 0 Å². The largest absolute Gasteiger partial charge is 0.494 e. The van der Waals surface area contributed by atoms with Gasteiger partial charge in [-0.15, -0.1) is 23.5 Å². The second kappa shape index (κ2) is 12.7. The zero-order valence-corrected chi connectivity index (χ0v) is 25.2. The van der Waals surface area contributed by atoms with Crippen molar-refractivity contribution in [1.82, 2.24) is 9.13 Å². The molecular formula is C29H42N2O6S2.